The molecule has 0 radical (unpaired) electrons. The fraction of sp³-hybridized carbons (Fsp3) is 0.350. The lowest BCUT2D eigenvalue weighted by atomic mass is 10.1. The zero-order chi connectivity index (χ0) is 17.1. The van der Waals surface area contributed by atoms with Gasteiger partial charge in [0.05, 0.1) is 7.11 Å². The number of rotatable bonds is 6. The third-order valence-electron chi connectivity index (χ3n) is 4.64. The minimum Gasteiger partial charge on any atom is -0.497 e. The third kappa shape index (κ3) is 3.99. The molecule has 1 unspecified atom stereocenters. The monoisotopic (exact) mass is 387 g/mol. The summed E-state index contributed by atoms with van der Waals surface area (Å²) in [7, 11) is 1.66. The molecule has 2 aromatic rings. The van der Waals surface area contributed by atoms with E-state index in [9.17, 15) is 4.79 Å². The third-order valence-corrected chi connectivity index (χ3v) is 5.13. The van der Waals surface area contributed by atoms with E-state index in [1.54, 1.807) is 7.11 Å². The van der Waals surface area contributed by atoms with E-state index < -0.39 is 0 Å². The van der Waals surface area contributed by atoms with Crippen molar-refractivity contribution in [1.82, 2.24) is 4.90 Å². The summed E-state index contributed by atoms with van der Waals surface area (Å²) in [4.78, 5) is 15.1. The van der Waals surface area contributed by atoms with E-state index >= 15 is 0 Å². The van der Waals surface area contributed by atoms with Crippen LogP contribution in [0.25, 0.3) is 0 Å². The quantitative estimate of drug-likeness (QED) is 0.705. The lowest BCUT2D eigenvalue weighted by molar-refractivity contribution is 0.0654. The van der Waals surface area contributed by atoms with Crippen molar-refractivity contribution >= 4 is 21.8 Å². The molecule has 2 aromatic carbocycles. The van der Waals surface area contributed by atoms with E-state index in [0.29, 0.717) is 12.5 Å². The van der Waals surface area contributed by atoms with Crippen molar-refractivity contribution in [2.75, 3.05) is 7.11 Å². The molecule has 0 bridgehead atoms. The highest BCUT2D eigenvalue weighted by molar-refractivity contribution is 9.10. The van der Waals surface area contributed by atoms with Gasteiger partial charge in [-0.1, -0.05) is 34.1 Å². The van der Waals surface area contributed by atoms with Gasteiger partial charge in [0.15, 0.2) is 0 Å². The van der Waals surface area contributed by atoms with Crippen LogP contribution in [0.5, 0.6) is 5.75 Å². The molecule has 126 valence electrons. The first-order valence-corrected chi connectivity index (χ1v) is 9.07. The van der Waals surface area contributed by atoms with Gasteiger partial charge in [-0.05, 0) is 61.6 Å². The number of amides is 1. The van der Waals surface area contributed by atoms with Gasteiger partial charge in [0, 0.05) is 22.6 Å². The van der Waals surface area contributed by atoms with Crippen LogP contribution in [-0.2, 0) is 6.54 Å². The highest BCUT2D eigenvalue weighted by Gasteiger charge is 2.34. The first kappa shape index (κ1) is 17.0. The highest BCUT2D eigenvalue weighted by Crippen LogP contribution is 2.36. The molecule has 1 fully saturated rings. The fourth-order valence-corrected chi connectivity index (χ4v) is 3.35. The van der Waals surface area contributed by atoms with E-state index in [4.69, 9.17) is 4.74 Å². The minimum absolute atomic E-state index is 0.0894. The van der Waals surface area contributed by atoms with Crippen molar-refractivity contribution in [2.24, 2.45) is 5.92 Å². The molecule has 1 aliphatic rings. The second kappa shape index (κ2) is 7.39. The number of nitrogens with zero attached hydrogens (tertiary/aromatic N) is 1. The number of carbonyl (C=O) groups excluding carboxylic acids is 1. The summed E-state index contributed by atoms with van der Waals surface area (Å²) in [5.41, 5.74) is 1.84. The average Bonchev–Trinajstić information content (AvgIpc) is 3.44. The summed E-state index contributed by atoms with van der Waals surface area (Å²) in [6.07, 6.45) is 2.43. The summed E-state index contributed by atoms with van der Waals surface area (Å²) in [5.74, 6) is 1.55. The summed E-state index contributed by atoms with van der Waals surface area (Å²) >= 11 is 3.46. The Balaban J connectivity index is 1.83. The van der Waals surface area contributed by atoms with Crippen LogP contribution < -0.4 is 4.74 Å². The number of methoxy groups -OCH3 is 1. The van der Waals surface area contributed by atoms with Crippen LogP contribution in [0.15, 0.2) is 53.0 Å². The van der Waals surface area contributed by atoms with E-state index in [0.717, 1.165) is 21.3 Å². The maximum Gasteiger partial charge on any atom is 0.254 e. The SMILES string of the molecule is COc1ccc(CN(C(=O)c2cccc(Br)c2)C(C)C2CC2)cc1. The number of hydrogen-bond donors (Lipinski definition) is 0. The number of benzene rings is 2. The van der Waals surface area contributed by atoms with Gasteiger partial charge < -0.3 is 9.64 Å². The molecule has 3 rings (SSSR count). The molecule has 1 amide bonds. The molecule has 0 heterocycles. The average molecular weight is 388 g/mol. The first-order chi connectivity index (χ1) is 11.6. The summed E-state index contributed by atoms with van der Waals surface area (Å²) in [6.45, 7) is 2.78. The molecule has 1 atom stereocenters. The molecule has 1 saturated carbocycles. The molecule has 0 aromatic heterocycles. The zero-order valence-electron chi connectivity index (χ0n) is 14.0. The maximum atomic E-state index is 13.1. The molecule has 24 heavy (non-hydrogen) atoms. The number of halogens is 1. The van der Waals surface area contributed by atoms with Gasteiger partial charge in [-0.25, -0.2) is 0 Å². The summed E-state index contributed by atoms with van der Waals surface area (Å²) in [6, 6.07) is 15.8. The van der Waals surface area contributed by atoms with Gasteiger partial charge in [0.1, 0.15) is 5.75 Å². The van der Waals surface area contributed by atoms with E-state index in [-0.39, 0.29) is 11.9 Å². The Morgan fingerprint density at radius 1 is 1.25 bits per heavy atom. The predicted molar refractivity (Wildman–Crippen MR) is 99.2 cm³/mol. The predicted octanol–water partition coefficient (Wildman–Crippen LogP) is 4.90. The van der Waals surface area contributed by atoms with Crippen molar-refractivity contribution in [3.05, 3.63) is 64.1 Å². The molecule has 0 aliphatic heterocycles. The fourth-order valence-electron chi connectivity index (χ4n) is 2.95. The van der Waals surface area contributed by atoms with Crippen LogP contribution in [0.2, 0.25) is 0 Å². The Morgan fingerprint density at radius 2 is 1.96 bits per heavy atom. The topological polar surface area (TPSA) is 29.5 Å². The number of carbonyl (C=O) groups is 1. The van der Waals surface area contributed by atoms with Gasteiger partial charge in [0.2, 0.25) is 0 Å². The van der Waals surface area contributed by atoms with Crippen molar-refractivity contribution in [2.45, 2.75) is 32.4 Å². The van der Waals surface area contributed by atoms with Crippen molar-refractivity contribution in [3.8, 4) is 5.75 Å². The van der Waals surface area contributed by atoms with Crippen LogP contribution in [0.4, 0.5) is 0 Å². The largest absolute Gasteiger partial charge is 0.497 e. The van der Waals surface area contributed by atoms with Gasteiger partial charge in [-0.15, -0.1) is 0 Å². The van der Waals surface area contributed by atoms with E-state index in [2.05, 4.69) is 22.9 Å². The zero-order valence-corrected chi connectivity index (χ0v) is 15.6. The van der Waals surface area contributed by atoms with Crippen LogP contribution in [-0.4, -0.2) is 24.0 Å². The van der Waals surface area contributed by atoms with E-state index in [1.165, 1.54) is 12.8 Å². The standard InChI is InChI=1S/C20H22BrNO2/c1-14(16-8-9-16)22(13-15-6-10-19(24-2)11-7-15)20(23)17-4-3-5-18(21)12-17/h3-7,10-12,14,16H,8-9,13H2,1-2H3. The Hall–Kier alpha value is -1.81. The van der Waals surface area contributed by atoms with Crippen LogP contribution >= 0.6 is 15.9 Å². The second-order valence-corrected chi connectivity index (χ2v) is 7.29. The van der Waals surface area contributed by atoms with Crippen LogP contribution in [0, 0.1) is 5.92 Å². The molecule has 0 saturated heterocycles. The lowest BCUT2D eigenvalue weighted by Gasteiger charge is -2.30. The van der Waals surface area contributed by atoms with Crippen molar-refractivity contribution in [1.29, 1.82) is 0 Å². The lowest BCUT2D eigenvalue weighted by Crippen LogP contribution is -2.39. The molecular weight excluding hydrogens is 366 g/mol. The van der Waals surface area contributed by atoms with Gasteiger partial charge >= 0.3 is 0 Å². The van der Waals surface area contributed by atoms with Gasteiger partial charge in [-0.2, -0.15) is 0 Å². The van der Waals surface area contributed by atoms with E-state index in [1.807, 2.05) is 53.4 Å². The first-order valence-electron chi connectivity index (χ1n) is 8.28. The molecule has 4 heteroatoms. The number of ether oxygens (including phenoxy) is 1. The highest BCUT2D eigenvalue weighted by atomic mass is 79.9. The minimum atomic E-state index is 0.0894. The summed E-state index contributed by atoms with van der Waals surface area (Å²) in [5, 5.41) is 0. The second-order valence-electron chi connectivity index (χ2n) is 6.37. The molecule has 1 aliphatic carbocycles. The van der Waals surface area contributed by atoms with Crippen molar-refractivity contribution < 1.29 is 9.53 Å². The normalized spacial score (nSPS) is 15.0. The Labute approximate surface area is 151 Å². The molecule has 3 nitrogen and oxygen atoms in total. The number of hydrogen-bond acceptors (Lipinski definition) is 2. The molecule has 0 spiro atoms. The maximum absolute atomic E-state index is 13.1. The Morgan fingerprint density at radius 3 is 2.54 bits per heavy atom. The van der Waals surface area contributed by atoms with Crippen molar-refractivity contribution in [3.63, 3.8) is 0 Å². The van der Waals surface area contributed by atoms with Crippen LogP contribution in [0.3, 0.4) is 0 Å². The molecule has 0 N–H and O–H groups in total. The van der Waals surface area contributed by atoms with Gasteiger partial charge in [0.25, 0.3) is 5.91 Å². The Kier molecular flexibility index (Phi) is 5.24. The van der Waals surface area contributed by atoms with Crippen LogP contribution in [0.1, 0.15) is 35.7 Å². The smallest absolute Gasteiger partial charge is 0.254 e. The molecular formula is C20H22BrNO2. The Bertz CT molecular complexity index is 710. The van der Waals surface area contributed by atoms with Gasteiger partial charge in [-0.3, -0.25) is 4.79 Å². The summed E-state index contributed by atoms with van der Waals surface area (Å²) < 4.78 is 6.14.